The van der Waals surface area contributed by atoms with Crippen LogP contribution in [-0.4, -0.2) is 5.91 Å². The lowest BCUT2D eigenvalue weighted by molar-refractivity contribution is -0.121. The van der Waals surface area contributed by atoms with Gasteiger partial charge in [-0.1, -0.05) is 61.8 Å². The summed E-state index contributed by atoms with van der Waals surface area (Å²) in [5.74, 6) is -0.472. The molecule has 0 saturated heterocycles. The largest absolute Gasteiger partial charge is 0.349 e. The van der Waals surface area contributed by atoms with Crippen LogP contribution >= 0.6 is 11.6 Å². The first kappa shape index (κ1) is 16.5. The van der Waals surface area contributed by atoms with Gasteiger partial charge in [0.1, 0.15) is 5.82 Å². The first-order valence-electron chi connectivity index (χ1n) is 7.26. The molecule has 0 saturated carbocycles. The Hall–Kier alpha value is -1.87. The summed E-state index contributed by atoms with van der Waals surface area (Å²) >= 11 is 5.97. The van der Waals surface area contributed by atoms with Crippen LogP contribution in [0.2, 0.25) is 5.02 Å². The zero-order valence-electron chi connectivity index (χ0n) is 12.6. The lowest BCUT2D eigenvalue weighted by atomic mass is 9.95. The van der Waals surface area contributed by atoms with E-state index < -0.39 is 5.82 Å². The Kier molecular flexibility index (Phi) is 5.56. The van der Waals surface area contributed by atoms with Crippen molar-refractivity contribution in [3.63, 3.8) is 0 Å². The van der Waals surface area contributed by atoms with Gasteiger partial charge in [0, 0.05) is 10.6 Å². The van der Waals surface area contributed by atoms with Crippen LogP contribution in [0.25, 0.3) is 0 Å². The highest BCUT2D eigenvalue weighted by Crippen LogP contribution is 2.23. The minimum Gasteiger partial charge on any atom is -0.349 e. The van der Waals surface area contributed by atoms with Crippen molar-refractivity contribution in [2.24, 2.45) is 5.92 Å². The highest BCUT2D eigenvalue weighted by Gasteiger charge is 2.19. The summed E-state index contributed by atoms with van der Waals surface area (Å²) in [7, 11) is 0. The van der Waals surface area contributed by atoms with Gasteiger partial charge in [-0.05, 0) is 23.6 Å². The summed E-state index contributed by atoms with van der Waals surface area (Å²) < 4.78 is 13.8. The molecule has 0 fully saturated rings. The van der Waals surface area contributed by atoms with Crippen molar-refractivity contribution in [1.82, 2.24) is 5.32 Å². The molecule has 2 aromatic rings. The van der Waals surface area contributed by atoms with E-state index in [1.807, 2.05) is 44.2 Å². The molecule has 2 aromatic carbocycles. The maximum absolute atomic E-state index is 13.8. The normalized spacial score (nSPS) is 12.2. The van der Waals surface area contributed by atoms with Gasteiger partial charge in [0.25, 0.3) is 0 Å². The molecule has 0 bridgehead atoms. The van der Waals surface area contributed by atoms with Crippen molar-refractivity contribution >= 4 is 17.5 Å². The average Bonchev–Trinajstić information content (AvgIpc) is 2.49. The molecule has 0 heterocycles. The van der Waals surface area contributed by atoms with Gasteiger partial charge < -0.3 is 5.32 Å². The first-order chi connectivity index (χ1) is 10.5. The fourth-order valence-corrected chi connectivity index (χ4v) is 2.61. The van der Waals surface area contributed by atoms with E-state index in [0.717, 1.165) is 5.56 Å². The molecule has 1 atom stereocenters. The van der Waals surface area contributed by atoms with Crippen LogP contribution in [0, 0.1) is 11.7 Å². The average molecular weight is 320 g/mol. The van der Waals surface area contributed by atoms with Crippen LogP contribution in [0.4, 0.5) is 4.39 Å². The van der Waals surface area contributed by atoms with E-state index in [0.29, 0.717) is 0 Å². The monoisotopic (exact) mass is 319 g/mol. The summed E-state index contributed by atoms with van der Waals surface area (Å²) in [6.45, 7) is 4.07. The quantitative estimate of drug-likeness (QED) is 0.861. The van der Waals surface area contributed by atoms with E-state index in [2.05, 4.69) is 5.32 Å². The highest BCUT2D eigenvalue weighted by molar-refractivity contribution is 6.31. The molecular weight excluding hydrogens is 301 g/mol. The molecule has 2 rings (SSSR count). The lowest BCUT2D eigenvalue weighted by Crippen LogP contribution is -2.33. The van der Waals surface area contributed by atoms with Crippen molar-refractivity contribution in [2.45, 2.75) is 26.3 Å². The number of hydrogen-bond acceptors (Lipinski definition) is 1. The molecule has 22 heavy (non-hydrogen) atoms. The van der Waals surface area contributed by atoms with Crippen molar-refractivity contribution in [3.8, 4) is 0 Å². The van der Waals surface area contributed by atoms with Crippen molar-refractivity contribution in [1.29, 1.82) is 0 Å². The van der Waals surface area contributed by atoms with E-state index in [1.165, 1.54) is 12.1 Å². The third kappa shape index (κ3) is 4.08. The van der Waals surface area contributed by atoms with Crippen LogP contribution in [0.3, 0.4) is 0 Å². The molecule has 1 amide bonds. The molecule has 2 nitrogen and oxygen atoms in total. The van der Waals surface area contributed by atoms with E-state index in [-0.39, 0.29) is 34.9 Å². The van der Waals surface area contributed by atoms with E-state index >= 15 is 0 Å². The van der Waals surface area contributed by atoms with Gasteiger partial charge in [-0.25, -0.2) is 4.39 Å². The van der Waals surface area contributed by atoms with Gasteiger partial charge in [-0.3, -0.25) is 4.79 Å². The first-order valence-corrected chi connectivity index (χ1v) is 7.64. The van der Waals surface area contributed by atoms with Gasteiger partial charge in [0.2, 0.25) is 5.91 Å². The summed E-state index contributed by atoms with van der Waals surface area (Å²) in [5, 5.41) is 3.25. The van der Waals surface area contributed by atoms with Gasteiger partial charge in [0.15, 0.2) is 0 Å². The van der Waals surface area contributed by atoms with Crippen molar-refractivity contribution in [3.05, 3.63) is 70.5 Å². The molecule has 0 unspecified atom stereocenters. The summed E-state index contributed by atoms with van der Waals surface area (Å²) in [6.07, 6.45) is -0.0679. The van der Waals surface area contributed by atoms with Crippen LogP contribution < -0.4 is 5.32 Å². The van der Waals surface area contributed by atoms with Crippen LogP contribution in [-0.2, 0) is 11.2 Å². The summed E-state index contributed by atoms with van der Waals surface area (Å²) in [4.78, 5) is 12.3. The number of carbonyl (C=O) groups excluding carboxylic acids is 1. The number of nitrogens with one attached hydrogen (secondary N) is 1. The second-order valence-corrected chi connectivity index (χ2v) is 5.98. The number of hydrogen-bond donors (Lipinski definition) is 1. The SMILES string of the molecule is CC(C)[C@@H](NC(=O)Cc1c(F)cccc1Cl)c1ccccc1. The third-order valence-electron chi connectivity index (χ3n) is 3.54. The second kappa shape index (κ2) is 7.41. The maximum Gasteiger partial charge on any atom is 0.225 e. The van der Waals surface area contributed by atoms with E-state index in [1.54, 1.807) is 6.07 Å². The molecule has 0 radical (unpaired) electrons. The van der Waals surface area contributed by atoms with Crippen LogP contribution in [0.1, 0.15) is 31.0 Å². The number of halogens is 2. The number of rotatable bonds is 5. The van der Waals surface area contributed by atoms with Gasteiger partial charge in [0.05, 0.1) is 12.5 Å². The molecule has 0 aromatic heterocycles. The van der Waals surface area contributed by atoms with Gasteiger partial charge in [-0.15, -0.1) is 0 Å². The minimum absolute atomic E-state index is 0.0679. The van der Waals surface area contributed by atoms with Crippen LogP contribution in [0.5, 0.6) is 0 Å². The number of amides is 1. The maximum atomic E-state index is 13.8. The highest BCUT2D eigenvalue weighted by atomic mass is 35.5. The molecule has 0 spiro atoms. The third-order valence-corrected chi connectivity index (χ3v) is 3.89. The van der Waals surface area contributed by atoms with Crippen molar-refractivity contribution in [2.75, 3.05) is 0 Å². The van der Waals surface area contributed by atoms with Gasteiger partial charge >= 0.3 is 0 Å². The van der Waals surface area contributed by atoms with Gasteiger partial charge in [-0.2, -0.15) is 0 Å². The molecule has 0 aliphatic rings. The predicted molar refractivity (Wildman–Crippen MR) is 87.3 cm³/mol. The van der Waals surface area contributed by atoms with Crippen molar-refractivity contribution < 1.29 is 9.18 Å². The standard InChI is InChI=1S/C18H19ClFNO/c1-12(2)18(13-7-4-3-5-8-13)21-17(22)11-14-15(19)9-6-10-16(14)20/h3-10,12,18H,11H2,1-2H3,(H,21,22)/t18-/m1/s1. The molecule has 116 valence electrons. The Bertz CT molecular complexity index is 623. The fourth-order valence-electron chi connectivity index (χ4n) is 2.38. The molecule has 1 N–H and O–H groups in total. The predicted octanol–water partition coefficient (Wildman–Crippen LogP) is 4.54. The minimum atomic E-state index is -0.455. The Balaban J connectivity index is 2.13. The zero-order valence-corrected chi connectivity index (χ0v) is 13.4. The molecular formula is C18H19ClFNO. The second-order valence-electron chi connectivity index (χ2n) is 5.58. The fraction of sp³-hybridized carbons (Fsp3) is 0.278. The molecule has 4 heteroatoms. The zero-order chi connectivity index (χ0) is 16.1. The Morgan fingerprint density at radius 3 is 2.41 bits per heavy atom. The summed E-state index contributed by atoms with van der Waals surface area (Å²) in [6, 6.07) is 14.1. The Morgan fingerprint density at radius 1 is 1.14 bits per heavy atom. The Labute approximate surface area is 135 Å². The number of benzene rings is 2. The summed E-state index contributed by atoms with van der Waals surface area (Å²) in [5.41, 5.74) is 1.27. The Morgan fingerprint density at radius 2 is 1.82 bits per heavy atom. The van der Waals surface area contributed by atoms with Crippen LogP contribution in [0.15, 0.2) is 48.5 Å². The topological polar surface area (TPSA) is 29.1 Å². The van der Waals surface area contributed by atoms with E-state index in [4.69, 9.17) is 11.6 Å². The molecule has 0 aliphatic heterocycles. The van der Waals surface area contributed by atoms with E-state index in [9.17, 15) is 9.18 Å². The number of carbonyl (C=O) groups is 1. The lowest BCUT2D eigenvalue weighted by Gasteiger charge is -2.23. The molecule has 0 aliphatic carbocycles. The smallest absolute Gasteiger partial charge is 0.225 e.